The van der Waals surface area contributed by atoms with Gasteiger partial charge in [-0.1, -0.05) is 29.1 Å². The molecule has 1 fully saturated rings. The van der Waals surface area contributed by atoms with Crippen molar-refractivity contribution in [3.63, 3.8) is 0 Å². The second kappa shape index (κ2) is 11.4. The van der Waals surface area contributed by atoms with Gasteiger partial charge in [0.2, 0.25) is 11.8 Å². The van der Waals surface area contributed by atoms with Gasteiger partial charge < -0.3 is 15.2 Å². The topological polar surface area (TPSA) is 136 Å². The van der Waals surface area contributed by atoms with Gasteiger partial charge in [0.25, 0.3) is 5.91 Å². The highest BCUT2D eigenvalue weighted by molar-refractivity contribution is 6.67. The highest BCUT2D eigenvalue weighted by Crippen LogP contribution is 2.28. The zero-order chi connectivity index (χ0) is 30.2. The lowest BCUT2D eigenvalue weighted by molar-refractivity contribution is -0.133. The van der Waals surface area contributed by atoms with Gasteiger partial charge in [-0.3, -0.25) is 24.4 Å². The molecular formula is C31H27BFN8O3. The number of hydrogen-bond acceptors (Lipinski definition) is 7. The molecule has 0 saturated carbocycles. The van der Waals surface area contributed by atoms with Crippen molar-refractivity contribution in [2.24, 2.45) is 0 Å². The fourth-order valence-corrected chi connectivity index (χ4v) is 5.77. The summed E-state index contributed by atoms with van der Waals surface area (Å²) in [7, 11) is 1.82. The van der Waals surface area contributed by atoms with Crippen LogP contribution < -0.4 is 26.9 Å². The van der Waals surface area contributed by atoms with Gasteiger partial charge in [0.05, 0.1) is 22.9 Å². The summed E-state index contributed by atoms with van der Waals surface area (Å²) < 4.78 is 19.0. The number of nitrogens with one attached hydrogen (secondary N) is 3. The van der Waals surface area contributed by atoms with Gasteiger partial charge in [-0.15, -0.1) is 0 Å². The molecule has 7 rings (SSSR count). The standard InChI is InChI=1S/C31H27BFN8O3/c33-22-14-19(32-18-6-8-20(9-7-18)36-23-10-11-27(42)38-30(23)43)15-24-21(22)16-41(39-24)29(28-25-4-3-13-40(25)17-35-28)31(44)37-26-5-1-2-12-34-26/h1-2,5-9,12,14-17,23,29,36H,3-4,10-11,13H2,(H,34,37,44)(H,38,42,43). The Balaban J connectivity index is 1.14. The smallest absolute Gasteiger partial charge is 0.256 e. The molecule has 0 bridgehead atoms. The van der Waals surface area contributed by atoms with E-state index in [0.717, 1.165) is 36.2 Å². The monoisotopic (exact) mass is 589 g/mol. The molecule has 2 aliphatic heterocycles. The highest BCUT2D eigenvalue weighted by Gasteiger charge is 2.32. The minimum absolute atomic E-state index is 0.263. The van der Waals surface area contributed by atoms with Gasteiger partial charge in [-0.05, 0) is 55.7 Å². The molecule has 3 N–H and O–H groups in total. The molecule has 3 amide bonds. The number of nitrogens with zero attached hydrogens (tertiary/aromatic N) is 5. The number of hydrogen-bond donors (Lipinski definition) is 3. The number of amides is 3. The van der Waals surface area contributed by atoms with Crippen LogP contribution >= 0.6 is 0 Å². The van der Waals surface area contributed by atoms with Crippen molar-refractivity contribution in [2.45, 2.75) is 44.3 Å². The minimum atomic E-state index is -0.921. The number of aryl methyl sites for hydroxylation is 1. The van der Waals surface area contributed by atoms with Crippen LogP contribution in [0.1, 0.15) is 36.7 Å². The Bertz CT molecular complexity index is 1890. The van der Waals surface area contributed by atoms with Gasteiger partial charge in [-0.2, -0.15) is 5.10 Å². The third-order valence-corrected chi connectivity index (χ3v) is 7.92. The Hall–Kier alpha value is -5.33. The van der Waals surface area contributed by atoms with Crippen molar-refractivity contribution in [1.82, 2.24) is 29.6 Å². The lowest BCUT2D eigenvalue weighted by atomic mass is 9.64. The predicted molar refractivity (Wildman–Crippen MR) is 163 cm³/mol. The molecule has 5 aromatic rings. The number of imide groups is 1. The van der Waals surface area contributed by atoms with E-state index in [1.54, 1.807) is 43.0 Å². The van der Waals surface area contributed by atoms with E-state index in [-0.39, 0.29) is 23.1 Å². The number of benzene rings is 2. The van der Waals surface area contributed by atoms with Gasteiger partial charge in [0.1, 0.15) is 17.7 Å². The van der Waals surface area contributed by atoms with Gasteiger partial charge in [-0.25, -0.2) is 14.4 Å². The predicted octanol–water partition coefficient (Wildman–Crippen LogP) is 1.81. The zero-order valence-electron chi connectivity index (χ0n) is 23.5. The van der Waals surface area contributed by atoms with E-state index >= 15 is 4.39 Å². The normalized spacial score (nSPS) is 16.8. The maximum Gasteiger partial charge on any atom is 0.256 e. The maximum atomic E-state index is 15.4. The van der Waals surface area contributed by atoms with E-state index in [1.807, 2.05) is 36.1 Å². The fourth-order valence-electron chi connectivity index (χ4n) is 5.77. The second-order valence-electron chi connectivity index (χ2n) is 10.9. The Kier molecular flexibility index (Phi) is 7.13. The molecular weight excluding hydrogens is 562 g/mol. The Morgan fingerprint density at radius 3 is 2.73 bits per heavy atom. The fraction of sp³-hybridized carbons (Fsp3) is 0.226. The quantitative estimate of drug-likeness (QED) is 0.186. The summed E-state index contributed by atoms with van der Waals surface area (Å²) in [4.78, 5) is 45.9. The molecule has 219 valence electrons. The maximum absolute atomic E-state index is 15.4. The number of pyridine rings is 1. The average Bonchev–Trinajstić information content (AvgIpc) is 3.74. The van der Waals surface area contributed by atoms with Crippen LogP contribution in [0.5, 0.6) is 0 Å². The summed E-state index contributed by atoms with van der Waals surface area (Å²) >= 11 is 0. The third-order valence-electron chi connectivity index (χ3n) is 7.92. The van der Waals surface area contributed by atoms with Crippen LogP contribution in [0.15, 0.2) is 73.3 Å². The lowest BCUT2D eigenvalue weighted by Gasteiger charge is -2.22. The van der Waals surface area contributed by atoms with E-state index in [4.69, 9.17) is 0 Å². The Morgan fingerprint density at radius 2 is 1.93 bits per heavy atom. The van der Waals surface area contributed by atoms with Crippen molar-refractivity contribution in [3.8, 4) is 0 Å². The van der Waals surface area contributed by atoms with Gasteiger partial charge in [0, 0.05) is 36.7 Å². The summed E-state index contributed by atoms with van der Waals surface area (Å²) in [6.45, 7) is 0.833. The molecule has 3 aromatic heterocycles. The molecule has 0 aliphatic carbocycles. The lowest BCUT2D eigenvalue weighted by Crippen LogP contribution is -2.47. The molecule has 2 atom stereocenters. The number of carbonyl (C=O) groups excluding carboxylic acids is 3. The number of fused-ring (bicyclic) bond motifs is 2. The highest BCUT2D eigenvalue weighted by atomic mass is 19.1. The van der Waals surface area contributed by atoms with Crippen molar-refractivity contribution in [3.05, 3.63) is 90.5 Å². The Labute approximate surface area is 252 Å². The van der Waals surface area contributed by atoms with Crippen molar-refractivity contribution in [2.75, 3.05) is 10.6 Å². The number of carbonyl (C=O) groups is 3. The molecule has 11 nitrogen and oxygen atoms in total. The average molecular weight is 589 g/mol. The van der Waals surface area contributed by atoms with Crippen LogP contribution in [0.2, 0.25) is 0 Å². The first-order chi connectivity index (χ1) is 21.4. The zero-order valence-corrected chi connectivity index (χ0v) is 23.5. The molecule has 2 unspecified atom stereocenters. The summed E-state index contributed by atoms with van der Waals surface area (Å²) in [5.74, 6) is -1.04. The molecule has 1 saturated heterocycles. The van der Waals surface area contributed by atoms with E-state index in [2.05, 4.69) is 31.0 Å². The number of aromatic nitrogens is 5. The van der Waals surface area contributed by atoms with Crippen LogP contribution in [0.4, 0.5) is 15.9 Å². The number of halogens is 1. The molecule has 2 aromatic carbocycles. The molecule has 44 heavy (non-hydrogen) atoms. The number of anilines is 2. The molecule has 0 spiro atoms. The van der Waals surface area contributed by atoms with Gasteiger partial charge in [0.15, 0.2) is 13.3 Å². The number of piperidine rings is 1. The van der Waals surface area contributed by atoms with E-state index < -0.39 is 17.9 Å². The third kappa shape index (κ3) is 5.43. The van der Waals surface area contributed by atoms with Gasteiger partial charge >= 0.3 is 0 Å². The first-order valence-electron chi connectivity index (χ1n) is 14.4. The van der Waals surface area contributed by atoms with Crippen LogP contribution in [0.3, 0.4) is 0 Å². The molecule has 13 heteroatoms. The van der Waals surface area contributed by atoms with E-state index in [9.17, 15) is 14.4 Å². The minimum Gasteiger partial charge on any atom is -0.374 e. The van der Waals surface area contributed by atoms with Crippen LogP contribution in [-0.2, 0) is 27.3 Å². The van der Waals surface area contributed by atoms with Crippen LogP contribution in [-0.4, -0.2) is 55.4 Å². The number of imidazole rings is 1. The summed E-state index contributed by atoms with van der Waals surface area (Å²) in [6, 6.07) is 14.4. The summed E-state index contributed by atoms with van der Waals surface area (Å²) in [6.07, 6.45) is 7.35. The SMILES string of the molecule is O=C1CCC(Nc2ccc([B]c3cc(F)c4cn(C(C(=O)Nc5ccccn5)c5ncn6c5CCC6)nc4c3)cc2)C(=O)N1. The first kappa shape index (κ1) is 27.5. The largest absolute Gasteiger partial charge is 0.374 e. The van der Waals surface area contributed by atoms with Crippen molar-refractivity contribution in [1.29, 1.82) is 0 Å². The van der Waals surface area contributed by atoms with E-state index in [0.29, 0.717) is 35.3 Å². The second-order valence-corrected chi connectivity index (χ2v) is 10.9. The Morgan fingerprint density at radius 1 is 1.07 bits per heavy atom. The molecule has 1 radical (unpaired) electrons. The first-order valence-corrected chi connectivity index (χ1v) is 14.4. The van der Waals surface area contributed by atoms with Crippen molar-refractivity contribution < 1.29 is 18.8 Å². The van der Waals surface area contributed by atoms with Crippen LogP contribution in [0, 0.1) is 5.82 Å². The summed E-state index contributed by atoms with van der Waals surface area (Å²) in [5, 5.41) is 13.3. The summed E-state index contributed by atoms with van der Waals surface area (Å²) in [5.41, 5.74) is 4.11. The van der Waals surface area contributed by atoms with E-state index in [1.165, 1.54) is 10.7 Å². The van der Waals surface area contributed by atoms with Crippen LogP contribution in [0.25, 0.3) is 10.9 Å². The molecule has 2 aliphatic rings. The molecule has 5 heterocycles. The number of rotatable bonds is 8. The van der Waals surface area contributed by atoms with Crippen molar-refractivity contribution >= 4 is 58.3 Å².